The molecule has 0 spiro atoms. The molecule has 8 heteroatoms. The first kappa shape index (κ1) is 16.9. The quantitative estimate of drug-likeness (QED) is 0.870. The summed E-state index contributed by atoms with van der Waals surface area (Å²) in [6.07, 6.45) is 3.30. The normalized spacial score (nSPS) is 11.3. The summed E-state index contributed by atoms with van der Waals surface area (Å²) in [4.78, 5) is 15.9. The van der Waals surface area contributed by atoms with Crippen molar-refractivity contribution in [3.63, 3.8) is 0 Å². The summed E-state index contributed by atoms with van der Waals surface area (Å²) in [5.74, 6) is 0. The molecule has 0 aliphatic heterocycles. The van der Waals surface area contributed by atoms with Gasteiger partial charge >= 0.3 is 6.03 Å². The number of sulfonamides is 1. The smallest absolute Gasteiger partial charge is 0.319 e. The topological polar surface area (TPSA) is 91.4 Å². The molecule has 7 nitrogen and oxygen atoms in total. The van der Waals surface area contributed by atoms with E-state index in [1.165, 1.54) is 26.2 Å². The van der Waals surface area contributed by atoms with E-state index < -0.39 is 10.0 Å². The Balaban J connectivity index is 1.94. The first-order chi connectivity index (χ1) is 10.9. The molecule has 2 rings (SSSR count). The lowest BCUT2D eigenvalue weighted by molar-refractivity contribution is 0.251. The predicted molar refractivity (Wildman–Crippen MR) is 87.4 cm³/mol. The Morgan fingerprint density at radius 3 is 2.26 bits per heavy atom. The summed E-state index contributed by atoms with van der Waals surface area (Å²) in [5, 5.41) is 5.35. The SMILES string of the molecule is CN(C)S(=O)(=O)c1ccc(NC(=O)NCc2ccncc2)cc1. The average molecular weight is 334 g/mol. The number of urea groups is 1. The Morgan fingerprint density at radius 2 is 1.70 bits per heavy atom. The van der Waals surface area contributed by atoms with Crippen molar-refractivity contribution in [1.29, 1.82) is 0 Å². The number of nitrogens with zero attached hydrogens (tertiary/aromatic N) is 2. The van der Waals surface area contributed by atoms with Gasteiger partial charge in [-0.15, -0.1) is 0 Å². The molecule has 0 unspecified atom stereocenters. The van der Waals surface area contributed by atoms with Gasteiger partial charge in [0, 0.05) is 38.7 Å². The van der Waals surface area contributed by atoms with Crippen LogP contribution < -0.4 is 10.6 Å². The number of amides is 2. The maximum atomic E-state index is 11.9. The number of hydrogen-bond donors (Lipinski definition) is 2. The molecule has 0 aliphatic rings. The van der Waals surface area contributed by atoms with Crippen molar-refractivity contribution in [3.8, 4) is 0 Å². The summed E-state index contributed by atoms with van der Waals surface area (Å²) >= 11 is 0. The van der Waals surface area contributed by atoms with Gasteiger partial charge < -0.3 is 10.6 Å². The van der Waals surface area contributed by atoms with Gasteiger partial charge in [-0.25, -0.2) is 17.5 Å². The highest BCUT2D eigenvalue weighted by molar-refractivity contribution is 7.89. The molecule has 0 bridgehead atoms. The van der Waals surface area contributed by atoms with Crippen LogP contribution in [0.1, 0.15) is 5.56 Å². The molecule has 0 aliphatic carbocycles. The summed E-state index contributed by atoms with van der Waals surface area (Å²) in [7, 11) is -0.537. The van der Waals surface area contributed by atoms with Gasteiger partial charge in [-0.1, -0.05) is 0 Å². The third-order valence-electron chi connectivity index (χ3n) is 3.09. The lowest BCUT2D eigenvalue weighted by atomic mass is 10.3. The van der Waals surface area contributed by atoms with E-state index >= 15 is 0 Å². The minimum atomic E-state index is -3.47. The predicted octanol–water partition coefficient (Wildman–Crippen LogP) is 1.65. The molecule has 122 valence electrons. The molecule has 2 aromatic rings. The van der Waals surface area contributed by atoms with Crippen LogP contribution in [-0.2, 0) is 16.6 Å². The van der Waals surface area contributed by atoms with E-state index in [1.807, 2.05) is 0 Å². The molecule has 0 saturated heterocycles. The van der Waals surface area contributed by atoms with Crippen LogP contribution in [0.5, 0.6) is 0 Å². The lowest BCUT2D eigenvalue weighted by Gasteiger charge is -2.12. The molecule has 0 saturated carbocycles. The van der Waals surface area contributed by atoms with Gasteiger partial charge in [0.15, 0.2) is 0 Å². The third kappa shape index (κ3) is 4.51. The molecule has 2 N–H and O–H groups in total. The largest absolute Gasteiger partial charge is 0.334 e. The van der Waals surface area contributed by atoms with E-state index in [0.29, 0.717) is 12.2 Å². The molecule has 23 heavy (non-hydrogen) atoms. The number of carbonyl (C=O) groups is 1. The molecular weight excluding hydrogens is 316 g/mol. The maximum absolute atomic E-state index is 11.9. The van der Waals surface area contributed by atoms with Crippen LogP contribution in [0.25, 0.3) is 0 Å². The fraction of sp³-hybridized carbons (Fsp3) is 0.200. The number of anilines is 1. The molecular formula is C15H18N4O3S. The zero-order valence-electron chi connectivity index (χ0n) is 12.9. The first-order valence-electron chi connectivity index (χ1n) is 6.86. The van der Waals surface area contributed by atoms with Crippen LogP contribution in [-0.4, -0.2) is 37.8 Å². The van der Waals surface area contributed by atoms with Gasteiger partial charge in [-0.05, 0) is 42.0 Å². The summed E-state index contributed by atoms with van der Waals surface area (Å²) in [6.45, 7) is 0.376. The van der Waals surface area contributed by atoms with Crippen LogP contribution >= 0.6 is 0 Å². The van der Waals surface area contributed by atoms with Gasteiger partial charge in [0.05, 0.1) is 4.90 Å². The highest BCUT2D eigenvalue weighted by atomic mass is 32.2. The van der Waals surface area contributed by atoms with Crippen molar-refractivity contribution in [2.45, 2.75) is 11.4 Å². The molecule has 1 aromatic carbocycles. The van der Waals surface area contributed by atoms with E-state index in [9.17, 15) is 13.2 Å². The van der Waals surface area contributed by atoms with Crippen LogP contribution in [0.4, 0.5) is 10.5 Å². The highest BCUT2D eigenvalue weighted by Crippen LogP contribution is 2.16. The fourth-order valence-electron chi connectivity index (χ4n) is 1.78. The molecule has 1 heterocycles. The maximum Gasteiger partial charge on any atom is 0.319 e. The van der Waals surface area contributed by atoms with Crippen molar-refractivity contribution < 1.29 is 13.2 Å². The number of aromatic nitrogens is 1. The number of pyridine rings is 1. The van der Waals surface area contributed by atoms with Crippen LogP contribution in [0.3, 0.4) is 0 Å². The second-order valence-electron chi connectivity index (χ2n) is 4.97. The molecule has 2 amide bonds. The monoisotopic (exact) mass is 334 g/mol. The van der Waals surface area contributed by atoms with Crippen molar-refractivity contribution in [3.05, 3.63) is 54.4 Å². The summed E-state index contributed by atoms with van der Waals surface area (Å²) in [5.41, 5.74) is 1.44. The van der Waals surface area contributed by atoms with Gasteiger partial charge in [0.25, 0.3) is 0 Å². The van der Waals surface area contributed by atoms with E-state index in [4.69, 9.17) is 0 Å². The summed E-state index contributed by atoms with van der Waals surface area (Å²) in [6, 6.07) is 9.24. The molecule has 0 atom stereocenters. The Hall–Kier alpha value is -2.45. The summed E-state index contributed by atoms with van der Waals surface area (Å²) < 4.78 is 25.0. The number of hydrogen-bond acceptors (Lipinski definition) is 4. The molecule has 0 radical (unpaired) electrons. The second-order valence-corrected chi connectivity index (χ2v) is 7.13. The van der Waals surface area contributed by atoms with Gasteiger partial charge in [-0.2, -0.15) is 0 Å². The first-order valence-corrected chi connectivity index (χ1v) is 8.30. The Labute approximate surface area is 135 Å². The van der Waals surface area contributed by atoms with Crippen LogP contribution in [0, 0.1) is 0 Å². The zero-order valence-corrected chi connectivity index (χ0v) is 13.7. The van der Waals surface area contributed by atoms with Crippen LogP contribution in [0.15, 0.2) is 53.7 Å². The molecule has 0 fully saturated rings. The van der Waals surface area contributed by atoms with Crippen molar-refractivity contribution in [2.75, 3.05) is 19.4 Å². The van der Waals surface area contributed by atoms with Crippen molar-refractivity contribution in [2.24, 2.45) is 0 Å². The van der Waals surface area contributed by atoms with Crippen molar-refractivity contribution >= 4 is 21.7 Å². The Morgan fingerprint density at radius 1 is 1.09 bits per heavy atom. The van der Waals surface area contributed by atoms with Gasteiger partial charge in [-0.3, -0.25) is 4.98 Å². The minimum absolute atomic E-state index is 0.172. The highest BCUT2D eigenvalue weighted by Gasteiger charge is 2.16. The number of nitrogens with one attached hydrogen (secondary N) is 2. The van der Waals surface area contributed by atoms with E-state index in [1.54, 1.807) is 36.7 Å². The Kier molecular flexibility index (Phi) is 5.30. The Bertz CT molecular complexity index is 759. The number of carbonyl (C=O) groups excluding carboxylic acids is 1. The molecule has 1 aromatic heterocycles. The van der Waals surface area contributed by atoms with Crippen molar-refractivity contribution in [1.82, 2.24) is 14.6 Å². The average Bonchev–Trinajstić information content (AvgIpc) is 2.54. The third-order valence-corrected chi connectivity index (χ3v) is 4.92. The fourth-order valence-corrected chi connectivity index (χ4v) is 2.68. The number of rotatable bonds is 5. The van der Waals surface area contributed by atoms with Gasteiger partial charge in [0.2, 0.25) is 10.0 Å². The van der Waals surface area contributed by atoms with Gasteiger partial charge in [0.1, 0.15) is 0 Å². The number of benzene rings is 1. The zero-order chi connectivity index (χ0) is 16.9. The van der Waals surface area contributed by atoms with Crippen LogP contribution in [0.2, 0.25) is 0 Å². The standard InChI is InChI=1S/C15H18N4O3S/c1-19(2)23(21,22)14-5-3-13(4-6-14)18-15(20)17-11-12-7-9-16-10-8-12/h3-10H,11H2,1-2H3,(H2,17,18,20). The van der Waals surface area contributed by atoms with E-state index in [0.717, 1.165) is 9.87 Å². The van der Waals surface area contributed by atoms with E-state index in [2.05, 4.69) is 15.6 Å². The lowest BCUT2D eigenvalue weighted by Crippen LogP contribution is -2.28. The minimum Gasteiger partial charge on any atom is -0.334 e. The second kappa shape index (κ2) is 7.21. The van der Waals surface area contributed by atoms with E-state index in [-0.39, 0.29) is 10.9 Å².